The number of fused-ring (bicyclic) bond motifs is 1. The molecule has 0 aliphatic carbocycles. The minimum absolute atomic E-state index is 0.106. The van der Waals surface area contributed by atoms with Crippen molar-refractivity contribution in [3.63, 3.8) is 0 Å². The summed E-state index contributed by atoms with van der Waals surface area (Å²) in [4.78, 5) is 21.3. The second-order valence-electron chi connectivity index (χ2n) is 3.09. The number of ether oxygens (including phenoxy) is 1. The summed E-state index contributed by atoms with van der Waals surface area (Å²) >= 11 is 0. The Kier molecular flexibility index (Phi) is 1.73. The number of rotatable bonds is 1. The maximum absolute atomic E-state index is 11.2. The quantitative estimate of drug-likeness (QED) is 0.385. The first-order valence-corrected chi connectivity index (χ1v) is 4.05. The molecule has 5 nitrogen and oxygen atoms in total. The third-order valence-electron chi connectivity index (χ3n) is 2.27. The van der Waals surface area contributed by atoms with Gasteiger partial charge in [-0.3, -0.25) is 10.1 Å². The predicted octanol–water partition coefficient (Wildman–Crippen LogP) is 1.57. The van der Waals surface area contributed by atoms with Crippen LogP contribution in [-0.2, 0) is 11.3 Å². The van der Waals surface area contributed by atoms with Gasteiger partial charge >= 0.3 is 5.97 Å². The lowest BCUT2D eigenvalue weighted by Crippen LogP contribution is -2.01. The van der Waals surface area contributed by atoms with Gasteiger partial charge in [0, 0.05) is 11.6 Å². The van der Waals surface area contributed by atoms with E-state index in [1.807, 2.05) is 0 Å². The van der Waals surface area contributed by atoms with Crippen LogP contribution < -0.4 is 0 Å². The molecule has 1 aromatic carbocycles. The Morgan fingerprint density at radius 1 is 1.50 bits per heavy atom. The number of nitrogens with zero attached hydrogens (tertiary/aromatic N) is 1. The molecule has 0 atom stereocenters. The van der Waals surface area contributed by atoms with Crippen LogP contribution >= 0.6 is 0 Å². The van der Waals surface area contributed by atoms with E-state index in [0.717, 1.165) is 5.56 Å². The van der Waals surface area contributed by atoms with E-state index >= 15 is 0 Å². The Hall–Kier alpha value is -1.91. The molecule has 0 N–H and O–H groups in total. The molecule has 0 unspecified atom stereocenters. The maximum Gasteiger partial charge on any atom is 0.345 e. The number of esters is 1. The van der Waals surface area contributed by atoms with Gasteiger partial charge in [0.25, 0.3) is 5.69 Å². The first-order chi connectivity index (χ1) is 6.61. The van der Waals surface area contributed by atoms with Crippen molar-refractivity contribution >= 4 is 11.7 Å². The Morgan fingerprint density at radius 2 is 2.21 bits per heavy atom. The number of carbonyl (C=O) groups is 1. The molecule has 1 aromatic rings. The fraction of sp³-hybridized carbons (Fsp3) is 0.222. The van der Waals surface area contributed by atoms with Crippen LogP contribution in [0, 0.1) is 17.0 Å². The summed E-state index contributed by atoms with van der Waals surface area (Å²) in [5.41, 5.74) is 1.41. The van der Waals surface area contributed by atoms with Crippen LogP contribution in [0.4, 0.5) is 5.69 Å². The Labute approximate surface area is 79.4 Å². The van der Waals surface area contributed by atoms with E-state index < -0.39 is 10.9 Å². The highest BCUT2D eigenvalue weighted by molar-refractivity contribution is 5.98. The van der Waals surface area contributed by atoms with Crippen molar-refractivity contribution in [1.82, 2.24) is 0 Å². The van der Waals surface area contributed by atoms with E-state index in [0.29, 0.717) is 5.56 Å². The fourth-order valence-electron chi connectivity index (χ4n) is 1.52. The zero-order valence-electron chi connectivity index (χ0n) is 7.44. The Balaban J connectivity index is 2.72. The van der Waals surface area contributed by atoms with Crippen LogP contribution in [0.1, 0.15) is 21.5 Å². The lowest BCUT2D eigenvalue weighted by atomic mass is 10.0. The largest absolute Gasteiger partial charge is 0.457 e. The Bertz CT molecular complexity index is 439. The molecule has 0 amide bonds. The van der Waals surface area contributed by atoms with Gasteiger partial charge in [-0.25, -0.2) is 4.79 Å². The van der Waals surface area contributed by atoms with Gasteiger partial charge in [-0.1, -0.05) is 6.07 Å². The number of nitro groups is 1. The number of hydrogen-bond acceptors (Lipinski definition) is 4. The van der Waals surface area contributed by atoms with Gasteiger partial charge in [-0.05, 0) is 12.5 Å². The highest BCUT2D eigenvalue weighted by Crippen LogP contribution is 2.31. The van der Waals surface area contributed by atoms with Gasteiger partial charge in [-0.15, -0.1) is 0 Å². The second kappa shape index (κ2) is 2.80. The number of cyclic esters (lactones) is 1. The summed E-state index contributed by atoms with van der Waals surface area (Å²) in [5.74, 6) is -0.601. The zero-order chi connectivity index (χ0) is 10.3. The molecule has 1 aliphatic heterocycles. The van der Waals surface area contributed by atoms with E-state index in [1.165, 1.54) is 6.07 Å². The molecule has 0 radical (unpaired) electrons. The third kappa shape index (κ3) is 1.06. The van der Waals surface area contributed by atoms with E-state index in [1.54, 1.807) is 13.0 Å². The molecule has 2 rings (SSSR count). The summed E-state index contributed by atoms with van der Waals surface area (Å²) in [6.45, 7) is 1.94. The first-order valence-electron chi connectivity index (χ1n) is 4.05. The van der Waals surface area contributed by atoms with Crippen LogP contribution in [0.15, 0.2) is 12.1 Å². The summed E-state index contributed by atoms with van der Waals surface area (Å²) in [5, 5.41) is 10.6. The van der Waals surface area contributed by atoms with Crippen LogP contribution in [0.2, 0.25) is 0 Å². The van der Waals surface area contributed by atoms with Crippen LogP contribution in [0.25, 0.3) is 0 Å². The van der Waals surface area contributed by atoms with Gasteiger partial charge in [0.05, 0.1) is 4.92 Å². The predicted molar refractivity (Wildman–Crippen MR) is 47.0 cm³/mol. The molecule has 72 valence electrons. The van der Waals surface area contributed by atoms with Gasteiger partial charge in [0.1, 0.15) is 12.2 Å². The number of hydrogen-bond donors (Lipinski definition) is 0. The van der Waals surface area contributed by atoms with Crippen molar-refractivity contribution in [2.24, 2.45) is 0 Å². The fourth-order valence-corrected chi connectivity index (χ4v) is 1.52. The normalized spacial score (nSPS) is 13.6. The highest BCUT2D eigenvalue weighted by atomic mass is 16.6. The van der Waals surface area contributed by atoms with Crippen LogP contribution in [0.5, 0.6) is 0 Å². The molecule has 1 heterocycles. The van der Waals surface area contributed by atoms with Crippen LogP contribution in [-0.4, -0.2) is 10.9 Å². The molecule has 0 aromatic heterocycles. The standard InChI is InChI=1S/C9H7NO4/c1-5-2-3-7(10(12)13)8-6(5)4-14-9(8)11/h2-3H,4H2,1H3. The molecule has 1 aliphatic rings. The highest BCUT2D eigenvalue weighted by Gasteiger charge is 2.31. The van der Waals surface area contributed by atoms with E-state index in [9.17, 15) is 14.9 Å². The number of benzene rings is 1. The van der Waals surface area contributed by atoms with Gasteiger partial charge < -0.3 is 4.74 Å². The molecule has 14 heavy (non-hydrogen) atoms. The van der Waals surface area contributed by atoms with Gasteiger partial charge in [-0.2, -0.15) is 0 Å². The van der Waals surface area contributed by atoms with E-state index in [4.69, 9.17) is 4.74 Å². The van der Waals surface area contributed by atoms with E-state index in [-0.39, 0.29) is 17.9 Å². The molecular formula is C9H7NO4. The molecule has 0 bridgehead atoms. The summed E-state index contributed by atoms with van der Waals surface area (Å²) < 4.78 is 4.75. The molecule has 0 saturated heterocycles. The second-order valence-corrected chi connectivity index (χ2v) is 3.09. The number of aryl methyl sites for hydroxylation is 1. The molecule has 5 heteroatoms. The minimum atomic E-state index is -0.601. The number of nitro benzene ring substituents is 1. The average Bonchev–Trinajstić information content (AvgIpc) is 2.50. The SMILES string of the molecule is Cc1ccc([N+](=O)[O-])c2c1COC2=O. The summed E-state index contributed by atoms with van der Waals surface area (Å²) in [6.07, 6.45) is 0. The number of carbonyl (C=O) groups excluding carboxylic acids is 1. The third-order valence-corrected chi connectivity index (χ3v) is 2.27. The lowest BCUT2D eigenvalue weighted by Gasteiger charge is -1.99. The Morgan fingerprint density at radius 3 is 2.86 bits per heavy atom. The van der Waals surface area contributed by atoms with Crippen molar-refractivity contribution in [3.8, 4) is 0 Å². The topological polar surface area (TPSA) is 69.4 Å². The van der Waals surface area contributed by atoms with Crippen molar-refractivity contribution in [2.45, 2.75) is 13.5 Å². The minimum Gasteiger partial charge on any atom is -0.457 e. The van der Waals surface area contributed by atoms with Crippen molar-refractivity contribution < 1.29 is 14.5 Å². The van der Waals surface area contributed by atoms with E-state index in [2.05, 4.69) is 0 Å². The molecule has 0 fully saturated rings. The van der Waals surface area contributed by atoms with Crippen molar-refractivity contribution in [2.75, 3.05) is 0 Å². The first kappa shape index (κ1) is 8.68. The van der Waals surface area contributed by atoms with Gasteiger partial charge in [0.15, 0.2) is 0 Å². The average molecular weight is 193 g/mol. The van der Waals surface area contributed by atoms with Crippen molar-refractivity contribution in [3.05, 3.63) is 38.9 Å². The summed E-state index contributed by atoms with van der Waals surface area (Å²) in [7, 11) is 0. The molecule has 0 saturated carbocycles. The van der Waals surface area contributed by atoms with Gasteiger partial charge in [0.2, 0.25) is 0 Å². The summed E-state index contributed by atoms with van der Waals surface area (Å²) in [6, 6.07) is 2.96. The maximum atomic E-state index is 11.2. The van der Waals surface area contributed by atoms with Crippen LogP contribution in [0.3, 0.4) is 0 Å². The lowest BCUT2D eigenvalue weighted by molar-refractivity contribution is -0.385. The molecule has 0 spiro atoms. The molecular weight excluding hydrogens is 186 g/mol. The van der Waals surface area contributed by atoms with Crippen molar-refractivity contribution in [1.29, 1.82) is 0 Å². The monoisotopic (exact) mass is 193 g/mol. The zero-order valence-corrected chi connectivity index (χ0v) is 7.44. The smallest absolute Gasteiger partial charge is 0.345 e.